The number of anilines is 1. The SMILES string of the molecule is C[C@H](NC(=O)c1ccc2c(c1)COCC2(F)F)c1ccc(N2CC(N(C)C)C2)cc1OC(F)F. The van der Waals surface area contributed by atoms with Crippen molar-refractivity contribution < 1.29 is 31.8 Å². The van der Waals surface area contributed by atoms with E-state index in [0.29, 0.717) is 11.6 Å². The Morgan fingerprint density at radius 1 is 1.21 bits per heavy atom. The number of nitrogens with one attached hydrogen (secondary N) is 1. The van der Waals surface area contributed by atoms with Crippen molar-refractivity contribution in [1.82, 2.24) is 10.2 Å². The lowest BCUT2D eigenvalue weighted by Crippen LogP contribution is -2.57. The summed E-state index contributed by atoms with van der Waals surface area (Å²) >= 11 is 0. The molecule has 10 heteroatoms. The lowest BCUT2D eigenvalue weighted by molar-refractivity contribution is -0.103. The first-order valence-corrected chi connectivity index (χ1v) is 10.9. The number of carbonyl (C=O) groups excluding carboxylic acids is 1. The first-order chi connectivity index (χ1) is 16.0. The van der Waals surface area contributed by atoms with Gasteiger partial charge in [0.1, 0.15) is 12.4 Å². The average Bonchev–Trinajstić information content (AvgIpc) is 2.71. The summed E-state index contributed by atoms with van der Waals surface area (Å²) in [4.78, 5) is 17.0. The minimum Gasteiger partial charge on any atom is -0.434 e. The van der Waals surface area contributed by atoms with E-state index >= 15 is 0 Å². The maximum atomic E-state index is 14.0. The maximum absolute atomic E-state index is 14.0. The lowest BCUT2D eigenvalue weighted by atomic mass is 9.97. The van der Waals surface area contributed by atoms with Crippen LogP contribution in [0.1, 0.15) is 40.0 Å². The number of likely N-dealkylation sites (N-methyl/N-ethyl adjacent to an activating group) is 1. The van der Waals surface area contributed by atoms with E-state index in [0.717, 1.165) is 18.8 Å². The van der Waals surface area contributed by atoms with Crippen molar-refractivity contribution in [2.24, 2.45) is 0 Å². The Morgan fingerprint density at radius 2 is 1.94 bits per heavy atom. The van der Waals surface area contributed by atoms with Gasteiger partial charge in [0.2, 0.25) is 0 Å². The van der Waals surface area contributed by atoms with Crippen LogP contribution in [-0.2, 0) is 17.3 Å². The third-order valence-corrected chi connectivity index (χ3v) is 6.29. The Labute approximate surface area is 195 Å². The van der Waals surface area contributed by atoms with Gasteiger partial charge in [-0.2, -0.15) is 17.6 Å². The van der Waals surface area contributed by atoms with Crippen molar-refractivity contribution in [2.45, 2.75) is 38.1 Å². The molecule has 1 N–H and O–H groups in total. The zero-order valence-electron chi connectivity index (χ0n) is 19.2. The topological polar surface area (TPSA) is 54.0 Å². The van der Waals surface area contributed by atoms with Crippen LogP contribution in [0.4, 0.5) is 23.2 Å². The molecule has 2 aliphatic heterocycles. The number of benzene rings is 2. The number of amides is 1. The average molecular weight is 481 g/mol. The highest BCUT2D eigenvalue weighted by Crippen LogP contribution is 2.36. The fourth-order valence-corrected chi connectivity index (χ4v) is 4.20. The normalized spacial score (nSPS) is 18.4. The van der Waals surface area contributed by atoms with Crippen molar-refractivity contribution in [3.8, 4) is 5.75 Å². The second-order valence-corrected chi connectivity index (χ2v) is 8.89. The fourth-order valence-electron chi connectivity index (χ4n) is 4.20. The van der Waals surface area contributed by atoms with E-state index in [1.807, 2.05) is 14.1 Å². The van der Waals surface area contributed by atoms with Crippen LogP contribution < -0.4 is 15.0 Å². The molecule has 1 fully saturated rings. The number of carbonyl (C=O) groups is 1. The number of nitrogens with zero attached hydrogens (tertiary/aromatic N) is 2. The first-order valence-electron chi connectivity index (χ1n) is 10.9. The minimum absolute atomic E-state index is 0.0133. The molecule has 2 aromatic carbocycles. The molecule has 2 aliphatic rings. The van der Waals surface area contributed by atoms with Gasteiger partial charge in [-0.1, -0.05) is 12.1 Å². The molecule has 0 aliphatic carbocycles. The highest BCUT2D eigenvalue weighted by atomic mass is 19.3. The largest absolute Gasteiger partial charge is 0.434 e. The Balaban J connectivity index is 1.51. The number of hydrogen-bond donors (Lipinski definition) is 1. The third kappa shape index (κ3) is 4.97. The molecule has 184 valence electrons. The van der Waals surface area contributed by atoms with E-state index in [1.54, 1.807) is 25.1 Å². The van der Waals surface area contributed by atoms with Crippen LogP contribution in [0.15, 0.2) is 36.4 Å². The molecule has 0 saturated carbocycles. The Bertz CT molecular complexity index is 1060. The summed E-state index contributed by atoms with van der Waals surface area (Å²) in [5, 5.41) is 2.74. The second-order valence-electron chi connectivity index (χ2n) is 8.89. The number of alkyl halides is 4. The summed E-state index contributed by atoms with van der Waals surface area (Å²) in [6.07, 6.45) is 0. The lowest BCUT2D eigenvalue weighted by Gasteiger charge is -2.44. The molecule has 6 nitrogen and oxygen atoms in total. The van der Waals surface area contributed by atoms with Crippen LogP contribution in [0, 0.1) is 0 Å². The van der Waals surface area contributed by atoms with E-state index in [2.05, 4.69) is 15.1 Å². The molecule has 0 radical (unpaired) electrons. The van der Waals surface area contributed by atoms with Gasteiger partial charge in [-0.3, -0.25) is 4.79 Å². The molecule has 2 heterocycles. The van der Waals surface area contributed by atoms with E-state index in [9.17, 15) is 22.4 Å². The number of hydrogen-bond acceptors (Lipinski definition) is 5. The number of ether oxygens (including phenoxy) is 2. The predicted octanol–water partition coefficient (Wildman–Crippen LogP) is 4.15. The van der Waals surface area contributed by atoms with Gasteiger partial charge in [0, 0.05) is 47.6 Å². The molecule has 0 aromatic heterocycles. The maximum Gasteiger partial charge on any atom is 0.387 e. The van der Waals surface area contributed by atoms with Gasteiger partial charge in [0.15, 0.2) is 0 Å². The van der Waals surface area contributed by atoms with E-state index in [-0.39, 0.29) is 29.0 Å². The molecular weight excluding hydrogens is 454 g/mol. The molecule has 0 spiro atoms. The Morgan fingerprint density at radius 3 is 2.62 bits per heavy atom. The van der Waals surface area contributed by atoms with Gasteiger partial charge in [0.25, 0.3) is 11.8 Å². The number of halogens is 4. The highest BCUT2D eigenvalue weighted by molar-refractivity contribution is 5.94. The molecule has 0 unspecified atom stereocenters. The van der Waals surface area contributed by atoms with Crippen LogP contribution in [0.25, 0.3) is 0 Å². The van der Waals surface area contributed by atoms with Crippen molar-refractivity contribution in [3.05, 3.63) is 58.7 Å². The van der Waals surface area contributed by atoms with Gasteiger partial charge in [-0.15, -0.1) is 0 Å². The smallest absolute Gasteiger partial charge is 0.387 e. The zero-order valence-corrected chi connectivity index (χ0v) is 19.2. The van der Waals surface area contributed by atoms with E-state index < -0.39 is 31.1 Å². The summed E-state index contributed by atoms with van der Waals surface area (Å²) < 4.78 is 63.9. The highest BCUT2D eigenvalue weighted by Gasteiger charge is 2.38. The molecule has 1 amide bonds. The number of rotatable bonds is 7. The van der Waals surface area contributed by atoms with Crippen LogP contribution in [0.3, 0.4) is 0 Å². The van der Waals surface area contributed by atoms with Gasteiger partial charge >= 0.3 is 6.61 Å². The summed E-state index contributed by atoms with van der Waals surface area (Å²) in [6.45, 7) is -0.543. The van der Waals surface area contributed by atoms with Crippen molar-refractivity contribution >= 4 is 11.6 Å². The summed E-state index contributed by atoms with van der Waals surface area (Å²) in [5.74, 6) is -3.65. The van der Waals surface area contributed by atoms with Gasteiger partial charge in [-0.25, -0.2) is 0 Å². The van der Waals surface area contributed by atoms with Crippen LogP contribution in [0.5, 0.6) is 5.75 Å². The summed E-state index contributed by atoms with van der Waals surface area (Å²) in [7, 11) is 3.98. The number of fused-ring (bicyclic) bond motifs is 1. The van der Waals surface area contributed by atoms with Crippen LogP contribution in [-0.4, -0.2) is 57.3 Å². The van der Waals surface area contributed by atoms with Crippen molar-refractivity contribution in [3.63, 3.8) is 0 Å². The van der Waals surface area contributed by atoms with E-state index in [4.69, 9.17) is 9.47 Å². The summed E-state index contributed by atoms with van der Waals surface area (Å²) in [5.41, 5.74) is 1.40. The van der Waals surface area contributed by atoms with Crippen LogP contribution in [0.2, 0.25) is 0 Å². The predicted molar refractivity (Wildman–Crippen MR) is 119 cm³/mol. The van der Waals surface area contributed by atoms with Gasteiger partial charge in [-0.05, 0) is 44.8 Å². The molecule has 0 bridgehead atoms. The third-order valence-electron chi connectivity index (χ3n) is 6.29. The first kappa shape index (κ1) is 24.3. The van der Waals surface area contributed by atoms with Crippen LogP contribution >= 0.6 is 0 Å². The standard InChI is InChI=1S/C24H27F4N3O3/c1-14(29-22(32)15-4-7-20-16(8-15)12-33-13-24(20,27)28)19-6-5-17(9-21(19)34-23(25)26)31-10-18(11-31)30(2)3/h4-9,14,18,23H,10-13H2,1-3H3,(H,29,32)/t14-/m0/s1. The molecule has 1 atom stereocenters. The van der Waals surface area contributed by atoms with Gasteiger partial charge < -0.3 is 24.6 Å². The quantitative estimate of drug-likeness (QED) is 0.603. The molecule has 34 heavy (non-hydrogen) atoms. The monoisotopic (exact) mass is 481 g/mol. The molecule has 4 rings (SSSR count). The Hall–Kier alpha value is -2.85. The zero-order chi connectivity index (χ0) is 24.6. The fraction of sp³-hybridized carbons (Fsp3) is 0.458. The minimum atomic E-state index is -3.11. The van der Waals surface area contributed by atoms with Crippen molar-refractivity contribution in [2.75, 3.05) is 38.7 Å². The summed E-state index contributed by atoms with van der Waals surface area (Å²) in [6, 6.07) is 8.65. The van der Waals surface area contributed by atoms with Crippen molar-refractivity contribution in [1.29, 1.82) is 0 Å². The molecule has 1 saturated heterocycles. The Kier molecular flexibility index (Phi) is 6.73. The van der Waals surface area contributed by atoms with E-state index in [1.165, 1.54) is 18.2 Å². The van der Waals surface area contributed by atoms with Gasteiger partial charge in [0.05, 0.1) is 12.6 Å². The molecular formula is C24H27F4N3O3. The molecule has 2 aromatic rings. The second kappa shape index (κ2) is 9.42.